The molecule has 0 radical (unpaired) electrons. The molecule has 2 rings (SSSR count). The normalized spacial score (nSPS) is 35.7. The van der Waals surface area contributed by atoms with Gasteiger partial charge in [0, 0.05) is 5.57 Å². The molecule has 1 N–H and O–H groups in total. The Bertz CT molecular complexity index is 304. The van der Waals surface area contributed by atoms with E-state index in [2.05, 4.69) is 0 Å². The van der Waals surface area contributed by atoms with Crippen molar-refractivity contribution in [1.29, 1.82) is 0 Å². The molecule has 2 aliphatic rings. The highest BCUT2D eigenvalue weighted by molar-refractivity contribution is 5.38. The Hall–Kier alpha value is -0.700. The van der Waals surface area contributed by atoms with E-state index in [1.54, 1.807) is 0 Å². The Kier molecular flexibility index (Phi) is 2.22. The summed E-state index contributed by atoms with van der Waals surface area (Å²) >= 11 is 0. The maximum absolute atomic E-state index is 13.5. The second kappa shape index (κ2) is 3.16. The van der Waals surface area contributed by atoms with Crippen LogP contribution >= 0.6 is 0 Å². The van der Waals surface area contributed by atoms with Crippen LogP contribution in [0.5, 0.6) is 0 Å². The van der Waals surface area contributed by atoms with Gasteiger partial charge < -0.3 is 5.11 Å². The maximum Gasteiger partial charge on any atom is 0.290 e. The lowest BCUT2D eigenvalue weighted by Crippen LogP contribution is -2.34. The topological polar surface area (TPSA) is 20.2 Å². The number of allylic oxidation sites excluding steroid dienone is 3. The fourth-order valence-corrected chi connectivity index (χ4v) is 2.38. The summed E-state index contributed by atoms with van der Waals surface area (Å²) in [7, 11) is 0. The second-order valence-corrected chi connectivity index (χ2v) is 4.16. The van der Waals surface area contributed by atoms with Gasteiger partial charge in [-0.05, 0) is 31.3 Å². The van der Waals surface area contributed by atoms with Gasteiger partial charge in [-0.15, -0.1) is 0 Å². The van der Waals surface area contributed by atoms with E-state index in [1.165, 1.54) is 6.08 Å². The van der Waals surface area contributed by atoms with E-state index in [1.807, 2.05) is 6.92 Å². The van der Waals surface area contributed by atoms with Crippen molar-refractivity contribution >= 4 is 0 Å². The first kappa shape index (κ1) is 9.84. The second-order valence-electron chi connectivity index (χ2n) is 4.16. The van der Waals surface area contributed by atoms with Crippen LogP contribution in [0.3, 0.4) is 0 Å². The number of hydrogen-bond donors (Lipinski definition) is 1. The van der Waals surface area contributed by atoms with Gasteiger partial charge in [0.05, 0.1) is 6.10 Å². The summed E-state index contributed by atoms with van der Waals surface area (Å²) in [5, 5.41) is 9.59. The van der Waals surface area contributed by atoms with Crippen LogP contribution in [-0.2, 0) is 0 Å². The molecule has 2 unspecified atom stereocenters. The lowest BCUT2D eigenvalue weighted by Gasteiger charge is -2.35. The first-order valence-electron chi connectivity index (χ1n) is 4.99. The summed E-state index contributed by atoms with van der Waals surface area (Å²) in [6.07, 6.45) is 3.32. The number of halogens is 2. The van der Waals surface area contributed by atoms with Gasteiger partial charge in [-0.25, -0.2) is 0 Å². The SMILES string of the molecule is CC1CCC(O)C2=C1CC=CC2(F)F. The molecule has 0 saturated heterocycles. The fraction of sp³-hybridized carbons (Fsp3) is 0.636. The molecule has 1 nitrogen and oxygen atoms in total. The van der Waals surface area contributed by atoms with E-state index < -0.39 is 12.0 Å². The van der Waals surface area contributed by atoms with Gasteiger partial charge in [0.25, 0.3) is 5.92 Å². The molecule has 0 fully saturated rings. The Labute approximate surface area is 82.1 Å². The third-order valence-electron chi connectivity index (χ3n) is 3.17. The zero-order valence-corrected chi connectivity index (χ0v) is 8.13. The molecule has 0 bridgehead atoms. The van der Waals surface area contributed by atoms with Crippen LogP contribution < -0.4 is 0 Å². The van der Waals surface area contributed by atoms with E-state index in [9.17, 15) is 13.9 Å². The van der Waals surface area contributed by atoms with Gasteiger partial charge in [-0.3, -0.25) is 0 Å². The summed E-state index contributed by atoms with van der Waals surface area (Å²) < 4.78 is 26.9. The molecule has 14 heavy (non-hydrogen) atoms. The average Bonchev–Trinajstić information content (AvgIpc) is 2.10. The smallest absolute Gasteiger partial charge is 0.290 e. The number of rotatable bonds is 0. The predicted octanol–water partition coefficient (Wildman–Crippen LogP) is 2.67. The standard InChI is InChI=1S/C11H14F2O/c1-7-4-5-9(14)10-8(7)3-2-6-11(10,12)13/h2,6-7,9,14H,3-5H2,1H3. The van der Waals surface area contributed by atoms with Crippen molar-refractivity contribution in [2.75, 3.05) is 0 Å². The van der Waals surface area contributed by atoms with Crippen molar-refractivity contribution in [2.45, 2.75) is 38.2 Å². The zero-order valence-electron chi connectivity index (χ0n) is 8.13. The van der Waals surface area contributed by atoms with Crippen LogP contribution in [-0.4, -0.2) is 17.1 Å². The molecule has 0 aromatic rings. The van der Waals surface area contributed by atoms with E-state index in [0.717, 1.165) is 18.1 Å². The van der Waals surface area contributed by atoms with E-state index in [-0.39, 0.29) is 11.5 Å². The van der Waals surface area contributed by atoms with E-state index in [4.69, 9.17) is 0 Å². The van der Waals surface area contributed by atoms with Crippen LogP contribution in [0.2, 0.25) is 0 Å². The third kappa shape index (κ3) is 1.40. The van der Waals surface area contributed by atoms with Crippen LogP contribution in [0.4, 0.5) is 8.78 Å². The monoisotopic (exact) mass is 200 g/mol. The molecule has 78 valence electrons. The van der Waals surface area contributed by atoms with Gasteiger partial charge in [0.2, 0.25) is 0 Å². The van der Waals surface area contributed by atoms with Gasteiger partial charge in [0.1, 0.15) is 0 Å². The summed E-state index contributed by atoms with van der Waals surface area (Å²) in [5.74, 6) is -2.74. The molecule has 0 aromatic carbocycles. The van der Waals surface area contributed by atoms with Gasteiger partial charge in [-0.1, -0.05) is 18.6 Å². The average molecular weight is 200 g/mol. The molecular formula is C11H14F2O. The Morgan fingerprint density at radius 1 is 1.43 bits per heavy atom. The molecular weight excluding hydrogens is 186 g/mol. The van der Waals surface area contributed by atoms with Crippen molar-refractivity contribution in [3.8, 4) is 0 Å². The minimum atomic E-state index is -2.93. The highest BCUT2D eigenvalue weighted by Gasteiger charge is 2.42. The van der Waals surface area contributed by atoms with Gasteiger partial charge in [0.15, 0.2) is 0 Å². The number of aliphatic hydroxyl groups is 1. The van der Waals surface area contributed by atoms with Crippen molar-refractivity contribution < 1.29 is 13.9 Å². The number of aliphatic hydroxyl groups excluding tert-OH is 1. The van der Waals surface area contributed by atoms with E-state index >= 15 is 0 Å². The lowest BCUT2D eigenvalue weighted by atomic mass is 9.76. The van der Waals surface area contributed by atoms with Crippen LogP contribution in [0.25, 0.3) is 0 Å². The van der Waals surface area contributed by atoms with Gasteiger partial charge in [-0.2, -0.15) is 8.78 Å². The molecule has 2 atom stereocenters. The van der Waals surface area contributed by atoms with E-state index in [0.29, 0.717) is 12.8 Å². The molecule has 2 aliphatic carbocycles. The Balaban J connectivity index is 2.45. The Morgan fingerprint density at radius 2 is 2.14 bits per heavy atom. The molecule has 0 heterocycles. The van der Waals surface area contributed by atoms with Crippen molar-refractivity contribution in [3.63, 3.8) is 0 Å². The molecule has 0 aromatic heterocycles. The largest absolute Gasteiger partial charge is 0.389 e. The van der Waals surface area contributed by atoms with Crippen molar-refractivity contribution in [2.24, 2.45) is 5.92 Å². The first-order chi connectivity index (χ1) is 6.52. The van der Waals surface area contributed by atoms with Crippen molar-refractivity contribution in [3.05, 3.63) is 23.3 Å². The lowest BCUT2D eigenvalue weighted by molar-refractivity contribution is 0.0461. The molecule has 0 spiro atoms. The molecule has 0 saturated carbocycles. The molecule has 0 aliphatic heterocycles. The fourth-order valence-electron chi connectivity index (χ4n) is 2.38. The minimum absolute atomic E-state index is 0.0289. The summed E-state index contributed by atoms with van der Waals surface area (Å²) in [6.45, 7) is 1.95. The molecule has 0 amide bonds. The highest BCUT2D eigenvalue weighted by Crippen LogP contribution is 2.43. The predicted molar refractivity (Wildman–Crippen MR) is 50.1 cm³/mol. The summed E-state index contributed by atoms with van der Waals surface area (Å²) in [5.41, 5.74) is 0.718. The van der Waals surface area contributed by atoms with Crippen molar-refractivity contribution in [1.82, 2.24) is 0 Å². The zero-order chi connectivity index (χ0) is 10.3. The summed E-state index contributed by atoms with van der Waals surface area (Å²) in [4.78, 5) is 0. The quantitative estimate of drug-likeness (QED) is 0.596. The first-order valence-corrected chi connectivity index (χ1v) is 4.99. The highest BCUT2D eigenvalue weighted by atomic mass is 19.3. The van der Waals surface area contributed by atoms with Gasteiger partial charge >= 0.3 is 0 Å². The van der Waals surface area contributed by atoms with Crippen LogP contribution in [0.1, 0.15) is 26.2 Å². The Morgan fingerprint density at radius 3 is 2.79 bits per heavy atom. The molecule has 3 heteroatoms. The third-order valence-corrected chi connectivity index (χ3v) is 3.17. The van der Waals surface area contributed by atoms with Crippen LogP contribution in [0, 0.1) is 5.92 Å². The number of hydrogen-bond acceptors (Lipinski definition) is 1. The number of alkyl halides is 2. The maximum atomic E-state index is 13.5. The minimum Gasteiger partial charge on any atom is -0.389 e. The summed E-state index contributed by atoms with van der Waals surface area (Å²) in [6, 6.07) is 0. The van der Waals surface area contributed by atoms with Crippen LogP contribution in [0.15, 0.2) is 23.3 Å².